The number of hydrogen-bond acceptors (Lipinski definition) is 3. The standard InChI is InChI=1S/C25H23F9N2O3/c1-22(2,3)39-21(38)35-13-16-9-7-14(11-18(16)24(29,30)31)8-10-19(37)36-20(25(32,33)34)15-5-4-6-17(12-15)23(26,27)28/h4-12,20H,13H2,1-3H3,(H,35,38)(H,36,37). The second-order valence-corrected chi connectivity index (χ2v) is 9.21. The molecular formula is C25H23F9N2O3. The molecule has 0 fully saturated rings. The molecule has 39 heavy (non-hydrogen) atoms. The van der Waals surface area contributed by atoms with E-state index < -0.39 is 65.4 Å². The highest BCUT2D eigenvalue weighted by Crippen LogP contribution is 2.36. The number of benzene rings is 2. The van der Waals surface area contributed by atoms with Crippen molar-refractivity contribution in [3.8, 4) is 0 Å². The van der Waals surface area contributed by atoms with Gasteiger partial charge in [-0.15, -0.1) is 0 Å². The molecular weight excluding hydrogens is 547 g/mol. The van der Waals surface area contributed by atoms with Crippen LogP contribution >= 0.6 is 0 Å². The van der Waals surface area contributed by atoms with Crippen LogP contribution in [0.3, 0.4) is 0 Å². The summed E-state index contributed by atoms with van der Waals surface area (Å²) >= 11 is 0. The van der Waals surface area contributed by atoms with Gasteiger partial charge in [-0.05, 0) is 61.7 Å². The second-order valence-electron chi connectivity index (χ2n) is 9.21. The lowest BCUT2D eigenvalue weighted by atomic mass is 10.0. The average molecular weight is 570 g/mol. The number of ether oxygens (including phenoxy) is 1. The molecule has 5 nitrogen and oxygen atoms in total. The third-order valence-electron chi connectivity index (χ3n) is 4.85. The summed E-state index contributed by atoms with van der Waals surface area (Å²) in [4.78, 5) is 23.9. The minimum atomic E-state index is -5.18. The van der Waals surface area contributed by atoms with E-state index in [1.165, 1.54) is 5.32 Å². The summed E-state index contributed by atoms with van der Waals surface area (Å²) in [5, 5.41) is 3.71. The Morgan fingerprint density at radius 1 is 0.897 bits per heavy atom. The van der Waals surface area contributed by atoms with Crippen LogP contribution in [0, 0.1) is 0 Å². The summed E-state index contributed by atoms with van der Waals surface area (Å²) in [7, 11) is 0. The number of hydrogen-bond donors (Lipinski definition) is 2. The lowest BCUT2D eigenvalue weighted by molar-refractivity contribution is -0.162. The van der Waals surface area contributed by atoms with Crippen LogP contribution in [0.1, 0.15) is 54.6 Å². The second kappa shape index (κ2) is 11.6. The Hall–Kier alpha value is -3.71. The van der Waals surface area contributed by atoms with E-state index in [9.17, 15) is 49.1 Å². The van der Waals surface area contributed by atoms with E-state index in [0.29, 0.717) is 18.2 Å². The van der Waals surface area contributed by atoms with Gasteiger partial charge in [-0.3, -0.25) is 4.79 Å². The Labute approximate surface area is 217 Å². The average Bonchev–Trinajstić information content (AvgIpc) is 2.77. The zero-order chi connectivity index (χ0) is 29.8. The summed E-state index contributed by atoms with van der Waals surface area (Å²) in [6.45, 7) is 4.11. The molecule has 2 rings (SSSR count). The topological polar surface area (TPSA) is 67.4 Å². The van der Waals surface area contributed by atoms with Gasteiger partial charge in [-0.1, -0.05) is 24.3 Å². The maximum atomic E-state index is 13.6. The monoisotopic (exact) mass is 570 g/mol. The minimum absolute atomic E-state index is 0.221. The number of halogens is 9. The number of carbonyl (C=O) groups is 2. The summed E-state index contributed by atoms with van der Waals surface area (Å²) < 4.78 is 125. The Balaban J connectivity index is 2.24. The fourth-order valence-electron chi connectivity index (χ4n) is 3.21. The maximum Gasteiger partial charge on any atom is 0.416 e. The van der Waals surface area contributed by atoms with E-state index in [-0.39, 0.29) is 17.2 Å². The fraction of sp³-hybridized carbons (Fsp3) is 0.360. The molecule has 0 aromatic heterocycles. The fourth-order valence-corrected chi connectivity index (χ4v) is 3.21. The van der Waals surface area contributed by atoms with Gasteiger partial charge < -0.3 is 15.4 Å². The predicted octanol–water partition coefficient (Wildman–Crippen LogP) is 7.18. The van der Waals surface area contributed by atoms with Crippen molar-refractivity contribution in [1.82, 2.24) is 10.6 Å². The highest BCUT2D eigenvalue weighted by atomic mass is 19.4. The van der Waals surface area contributed by atoms with Crippen molar-refractivity contribution in [3.63, 3.8) is 0 Å². The van der Waals surface area contributed by atoms with Gasteiger partial charge in [0.05, 0.1) is 11.1 Å². The molecule has 0 saturated heterocycles. The molecule has 0 spiro atoms. The first-order chi connectivity index (χ1) is 17.7. The molecule has 1 unspecified atom stereocenters. The highest BCUT2D eigenvalue weighted by Gasteiger charge is 2.43. The lowest BCUT2D eigenvalue weighted by Gasteiger charge is -2.22. The van der Waals surface area contributed by atoms with Crippen LogP contribution < -0.4 is 10.6 Å². The van der Waals surface area contributed by atoms with Crippen LogP contribution in [0.5, 0.6) is 0 Å². The van der Waals surface area contributed by atoms with E-state index in [0.717, 1.165) is 30.3 Å². The van der Waals surface area contributed by atoms with E-state index in [4.69, 9.17) is 4.74 Å². The van der Waals surface area contributed by atoms with Crippen molar-refractivity contribution in [2.24, 2.45) is 0 Å². The normalized spacial score (nSPS) is 13.7. The number of alkyl halides is 9. The van der Waals surface area contributed by atoms with Gasteiger partial charge >= 0.3 is 24.6 Å². The van der Waals surface area contributed by atoms with E-state index in [1.54, 1.807) is 20.8 Å². The molecule has 0 radical (unpaired) electrons. The zero-order valence-corrected chi connectivity index (χ0v) is 20.6. The molecule has 1 atom stereocenters. The Bertz CT molecular complexity index is 1210. The van der Waals surface area contributed by atoms with Crippen molar-refractivity contribution in [1.29, 1.82) is 0 Å². The quantitative estimate of drug-likeness (QED) is 0.286. The first-order valence-corrected chi connectivity index (χ1v) is 11.1. The number of carbonyl (C=O) groups excluding carboxylic acids is 2. The maximum absolute atomic E-state index is 13.6. The van der Waals surface area contributed by atoms with Crippen LogP contribution in [-0.2, 0) is 28.4 Å². The summed E-state index contributed by atoms with van der Waals surface area (Å²) in [5.41, 5.74) is -4.89. The van der Waals surface area contributed by atoms with Gasteiger partial charge in [0.2, 0.25) is 5.91 Å². The lowest BCUT2D eigenvalue weighted by Crippen LogP contribution is -2.37. The van der Waals surface area contributed by atoms with Gasteiger partial charge in [-0.25, -0.2) is 4.79 Å². The van der Waals surface area contributed by atoms with Gasteiger partial charge in [0.15, 0.2) is 6.04 Å². The summed E-state index contributed by atoms with van der Waals surface area (Å²) in [6.07, 6.45) is -14.6. The molecule has 0 aliphatic carbocycles. The molecule has 0 heterocycles. The van der Waals surface area contributed by atoms with E-state index in [2.05, 4.69) is 5.32 Å². The van der Waals surface area contributed by atoms with Gasteiger partial charge in [0, 0.05) is 12.6 Å². The van der Waals surface area contributed by atoms with Gasteiger partial charge in [0.1, 0.15) is 5.60 Å². The molecule has 14 heteroatoms. The van der Waals surface area contributed by atoms with Crippen LogP contribution in [0.2, 0.25) is 0 Å². The van der Waals surface area contributed by atoms with Crippen molar-refractivity contribution in [2.45, 2.75) is 57.5 Å². The van der Waals surface area contributed by atoms with Crippen LogP contribution in [0.4, 0.5) is 44.3 Å². The molecule has 0 aliphatic heterocycles. The molecule has 214 valence electrons. The molecule has 2 aromatic carbocycles. The van der Waals surface area contributed by atoms with Crippen molar-refractivity contribution < 1.29 is 53.8 Å². The Morgan fingerprint density at radius 3 is 2.08 bits per heavy atom. The number of rotatable bonds is 6. The number of alkyl carbamates (subject to hydrolysis) is 1. The molecule has 2 amide bonds. The summed E-state index contributed by atoms with van der Waals surface area (Å²) in [5.74, 6) is -1.42. The van der Waals surface area contributed by atoms with Gasteiger partial charge in [0.25, 0.3) is 0 Å². The van der Waals surface area contributed by atoms with Crippen molar-refractivity contribution in [2.75, 3.05) is 0 Å². The molecule has 2 N–H and O–H groups in total. The molecule has 0 saturated carbocycles. The number of amides is 2. The smallest absolute Gasteiger partial charge is 0.416 e. The van der Waals surface area contributed by atoms with E-state index in [1.807, 2.05) is 0 Å². The summed E-state index contributed by atoms with van der Waals surface area (Å²) in [6, 6.07) is 2.21. The molecule has 0 aliphatic rings. The van der Waals surface area contributed by atoms with Crippen LogP contribution in [0.15, 0.2) is 48.5 Å². The van der Waals surface area contributed by atoms with Crippen molar-refractivity contribution >= 4 is 18.1 Å². The first-order valence-electron chi connectivity index (χ1n) is 11.1. The van der Waals surface area contributed by atoms with Crippen LogP contribution in [-0.4, -0.2) is 23.8 Å². The molecule has 2 aromatic rings. The molecule has 0 bridgehead atoms. The SMILES string of the molecule is CC(C)(C)OC(=O)NCc1ccc(C=CC(=O)NC(c2cccc(C(F)(F)F)c2)C(F)(F)F)cc1C(F)(F)F. The van der Waals surface area contributed by atoms with E-state index >= 15 is 0 Å². The zero-order valence-electron chi connectivity index (χ0n) is 20.6. The highest BCUT2D eigenvalue weighted by molar-refractivity contribution is 5.92. The van der Waals surface area contributed by atoms with Crippen LogP contribution in [0.25, 0.3) is 6.08 Å². The first kappa shape index (κ1) is 31.5. The van der Waals surface area contributed by atoms with Gasteiger partial charge in [-0.2, -0.15) is 39.5 Å². The Kier molecular flexibility index (Phi) is 9.35. The largest absolute Gasteiger partial charge is 0.444 e. The minimum Gasteiger partial charge on any atom is -0.444 e. The number of nitrogens with one attached hydrogen (secondary N) is 2. The predicted molar refractivity (Wildman–Crippen MR) is 122 cm³/mol. The third-order valence-corrected chi connectivity index (χ3v) is 4.85. The van der Waals surface area contributed by atoms with Crippen molar-refractivity contribution in [3.05, 3.63) is 76.4 Å². The Morgan fingerprint density at radius 2 is 1.54 bits per heavy atom. The third kappa shape index (κ3) is 9.84.